The van der Waals surface area contributed by atoms with Crippen molar-refractivity contribution in [2.75, 3.05) is 31.1 Å². The minimum absolute atomic E-state index is 0.107. The summed E-state index contributed by atoms with van der Waals surface area (Å²) in [5, 5.41) is 6.40. The molecular weight excluding hydrogens is 490 g/mol. The third-order valence-corrected chi connectivity index (χ3v) is 8.83. The van der Waals surface area contributed by atoms with E-state index in [-0.39, 0.29) is 24.1 Å². The van der Waals surface area contributed by atoms with Crippen molar-refractivity contribution in [2.24, 2.45) is 17.8 Å². The summed E-state index contributed by atoms with van der Waals surface area (Å²) in [5.41, 5.74) is 2.17. The van der Waals surface area contributed by atoms with Gasteiger partial charge in [-0.15, -0.1) is 0 Å². The Balaban J connectivity index is 1.11. The van der Waals surface area contributed by atoms with Gasteiger partial charge in [0, 0.05) is 44.9 Å². The number of halogens is 1. The van der Waals surface area contributed by atoms with Crippen LogP contribution >= 0.6 is 11.6 Å². The van der Waals surface area contributed by atoms with Gasteiger partial charge in [-0.05, 0) is 56.1 Å². The fourth-order valence-corrected chi connectivity index (χ4v) is 6.67. The number of anilines is 1. The van der Waals surface area contributed by atoms with Crippen LogP contribution in [-0.4, -0.2) is 53.7 Å². The van der Waals surface area contributed by atoms with Gasteiger partial charge in [-0.25, -0.2) is 4.98 Å². The van der Waals surface area contributed by atoms with Crippen LogP contribution in [0.1, 0.15) is 81.2 Å². The Labute approximate surface area is 223 Å². The smallest absolute Gasteiger partial charge is 0.293 e. The molecule has 1 aromatic heterocycles. The lowest BCUT2D eigenvalue weighted by molar-refractivity contribution is -0.123. The van der Waals surface area contributed by atoms with E-state index < -0.39 is 5.91 Å². The highest BCUT2D eigenvalue weighted by Gasteiger charge is 2.30. The number of imide groups is 1. The molecule has 3 fully saturated rings. The number of amides is 2. The number of nitrogens with one attached hydrogen (secondary N) is 3. The molecule has 0 radical (unpaired) electrons. The maximum atomic E-state index is 12.8. The van der Waals surface area contributed by atoms with Crippen molar-refractivity contribution in [3.63, 3.8) is 0 Å². The van der Waals surface area contributed by atoms with Crippen molar-refractivity contribution in [1.29, 1.82) is 0 Å². The van der Waals surface area contributed by atoms with Crippen LogP contribution in [-0.2, 0) is 9.59 Å². The molecule has 9 heteroatoms. The number of ketones is 1. The van der Waals surface area contributed by atoms with Gasteiger partial charge in [-0.2, -0.15) is 0 Å². The Kier molecular flexibility index (Phi) is 8.45. The number of carbonyl (C=O) groups excluding carboxylic acids is 3. The van der Waals surface area contributed by atoms with Gasteiger partial charge < -0.3 is 15.2 Å². The number of fused-ring (bicyclic) bond motifs is 1. The third kappa shape index (κ3) is 6.34. The van der Waals surface area contributed by atoms with Gasteiger partial charge in [-0.1, -0.05) is 37.3 Å². The van der Waals surface area contributed by atoms with Crippen LogP contribution in [0.5, 0.6) is 0 Å². The molecule has 37 heavy (non-hydrogen) atoms. The van der Waals surface area contributed by atoms with E-state index in [4.69, 9.17) is 11.6 Å². The van der Waals surface area contributed by atoms with E-state index in [9.17, 15) is 14.4 Å². The van der Waals surface area contributed by atoms with Crippen LogP contribution in [0.3, 0.4) is 0 Å². The maximum absolute atomic E-state index is 12.8. The quantitative estimate of drug-likeness (QED) is 0.439. The number of piperazine rings is 1. The number of rotatable bonds is 9. The minimum Gasteiger partial charge on any atom is -0.366 e. The van der Waals surface area contributed by atoms with E-state index in [0.29, 0.717) is 34.2 Å². The molecule has 200 valence electrons. The zero-order chi connectivity index (χ0) is 25.8. The average Bonchev–Trinajstić information content (AvgIpc) is 3.67. The number of nitrogens with zero attached hydrogens (tertiary/aromatic N) is 2. The van der Waals surface area contributed by atoms with Gasteiger partial charge in [0.05, 0.1) is 16.2 Å². The van der Waals surface area contributed by atoms with Crippen LogP contribution < -0.4 is 15.5 Å². The lowest BCUT2D eigenvalue weighted by atomic mass is 9.92. The number of hydrogen-bond donors (Lipinski definition) is 3. The summed E-state index contributed by atoms with van der Waals surface area (Å²) in [4.78, 5) is 47.7. The van der Waals surface area contributed by atoms with Gasteiger partial charge in [0.25, 0.3) is 5.91 Å². The first-order valence-corrected chi connectivity index (χ1v) is 14.4. The first-order chi connectivity index (χ1) is 18.0. The first-order valence-electron chi connectivity index (χ1n) is 14.0. The van der Waals surface area contributed by atoms with Gasteiger partial charge in [0.2, 0.25) is 5.91 Å². The Morgan fingerprint density at radius 2 is 1.76 bits per heavy atom. The zero-order valence-electron chi connectivity index (χ0n) is 21.5. The predicted octanol–water partition coefficient (Wildman–Crippen LogP) is 4.62. The lowest BCUT2D eigenvalue weighted by Crippen LogP contribution is -2.43. The Morgan fingerprint density at radius 1 is 1.00 bits per heavy atom. The number of aromatic amines is 1. The second-order valence-corrected chi connectivity index (χ2v) is 11.5. The molecule has 2 amide bonds. The second kappa shape index (κ2) is 11.9. The van der Waals surface area contributed by atoms with Crippen LogP contribution in [0.2, 0.25) is 5.02 Å². The second-order valence-electron chi connectivity index (χ2n) is 11.1. The highest BCUT2D eigenvalue weighted by molar-refractivity contribution is 6.34. The fraction of sp³-hybridized carbons (Fsp3) is 0.643. The summed E-state index contributed by atoms with van der Waals surface area (Å²) < 4.78 is 0. The molecule has 2 aromatic rings. The summed E-state index contributed by atoms with van der Waals surface area (Å²) in [6.07, 6.45) is 10.8. The lowest BCUT2D eigenvalue weighted by Gasteiger charge is -2.30. The maximum Gasteiger partial charge on any atom is 0.293 e. The number of benzene rings is 1. The largest absolute Gasteiger partial charge is 0.366 e. The average molecular weight is 528 g/mol. The topological polar surface area (TPSA) is 107 Å². The molecule has 1 saturated heterocycles. The molecule has 2 aliphatic carbocycles. The monoisotopic (exact) mass is 527 g/mol. The van der Waals surface area contributed by atoms with Crippen LogP contribution in [0, 0.1) is 17.8 Å². The number of hydrogen-bond acceptors (Lipinski definition) is 6. The van der Waals surface area contributed by atoms with Crippen molar-refractivity contribution in [2.45, 2.75) is 70.6 Å². The van der Waals surface area contributed by atoms with Gasteiger partial charge in [0.15, 0.2) is 5.82 Å². The van der Waals surface area contributed by atoms with E-state index in [1.54, 1.807) is 12.1 Å². The van der Waals surface area contributed by atoms with Gasteiger partial charge >= 0.3 is 0 Å². The van der Waals surface area contributed by atoms with E-state index in [1.165, 1.54) is 25.7 Å². The molecule has 3 N–H and O–H groups in total. The number of H-pyrrole nitrogens is 1. The summed E-state index contributed by atoms with van der Waals surface area (Å²) in [7, 11) is 0. The molecule has 2 atom stereocenters. The summed E-state index contributed by atoms with van der Waals surface area (Å²) in [5.74, 6) is 0.964. The Morgan fingerprint density at radius 3 is 2.54 bits per heavy atom. The zero-order valence-corrected chi connectivity index (χ0v) is 22.2. The highest BCUT2D eigenvalue weighted by Crippen LogP contribution is 2.37. The van der Waals surface area contributed by atoms with Crippen LogP contribution in [0.15, 0.2) is 12.1 Å². The SMILES string of the molecule is O=C(CCC1CCC(C(=O)CCC2CCCC2)C1)NC(=O)c1nc2c(N3CCNCC3)c(Cl)ccc2[nH]1. The Bertz CT molecular complexity index is 1140. The molecule has 3 aliphatic rings. The van der Waals surface area contributed by atoms with E-state index in [2.05, 4.69) is 25.5 Å². The van der Waals surface area contributed by atoms with Crippen LogP contribution in [0.25, 0.3) is 11.0 Å². The molecule has 0 spiro atoms. The minimum atomic E-state index is -0.532. The number of aromatic nitrogens is 2. The van der Waals surface area contributed by atoms with Crippen molar-refractivity contribution < 1.29 is 14.4 Å². The normalized spacial score (nSPS) is 22.6. The Hall–Kier alpha value is -2.45. The van der Waals surface area contributed by atoms with Crippen molar-refractivity contribution in [1.82, 2.24) is 20.6 Å². The number of carbonyl (C=O) groups is 3. The molecule has 1 aliphatic heterocycles. The summed E-state index contributed by atoms with van der Waals surface area (Å²) >= 11 is 6.50. The van der Waals surface area contributed by atoms with Crippen LogP contribution in [0.4, 0.5) is 5.69 Å². The van der Waals surface area contributed by atoms with Gasteiger partial charge in [-0.3, -0.25) is 19.7 Å². The van der Waals surface area contributed by atoms with E-state index >= 15 is 0 Å². The number of imidazole rings is 1. The molecule has 0 bridgehead atoms. The van der Waals surface area contributed by atoms with E-state index in [1.807, 2.05) is 0 Å². The third-order valence-electron chi connectivity index (χ3n) is 8.53. The first kappa shape index (κ1) is 26.2. The van der Waals surface area contributed by atoms with E-state index in [0.717, 1.165) is 69.9 Å². The molecule has 5 rings (SSSR count). The van der Waals surface area contributed by atoms with Crippen molar-refractivity contribution in [3.8, 4) is 0 Å². The predicted molar refractivity (Wildman–Crippen MR) is 145 cm³/mol. The highest BCUT2D eigenvalue weighted by atomic mass is 35.5. The van der Waals surface area contributed by atoms with Crippen molar-refractivity contribution >= 4 is 45.9 Å². The van der Waals surface area contributed by atoms with Gasteiger partial charge in [0.1, 0.15) is 11.3 Å². The van der Waals surface area contributed by atoms with Crippen molar-refractivity contribution in [3.05, 3.63) is 23.0 Å². The molecule has 8 nitrogen and oxygen atoms in total. The fourth-order valence-electron chi connectivity index (χ4n) is 6.40. The molecule has 1 aromatic carbocycles. The summed E-state index contributed by atoms with van der Waals surface area (Å²) in [6, 6.07) is 3.61. The molecule has 2 heterocycles. The molecule has 2 saturated carbocycles. The number of Topliss-reactive ketones (excluding diaryl/α,β-unsaturated/α-hetero) is 1. The standard InChI is InChI=1S/C28H38ClN5O3/c29-21-9-10-22-25(26(21)34-15-13-30-14-16-34)33-27(31-22)28(37)32-24(36)12-7-19-5-8-20(17-19)23(35)11-6-18-3-1-2-4-18/h9-10,18-20,30H,1-8,11-17H2,(H,31,33)(H,32,36,37). The molecule has 2 unspecified atom stereocenters. The summed E-state index contributed by atoms with van der Waals surface area (Å²) in [6.45, 7) is 3.32. The molecular formula is C28H38ClN5O3.